The molecule has 1 aliphatic rings. The van der Waals surface area contributed by atoms with Crippen LogP contribution in [0.2, 0.25) is 0 Å². The van der Waals surface area contributed by atoms with Crippen molar-refractivity contribution < 1.29 is 9.18 Å². The molecule has 1 aromatic carbocycles. The highest BCUT2D eigenvalue weighted by atomic mass is 19.1. The van der Waals surface area contributed by atoms with Crippen LogP contribution in [0, 0.1) is 5.82 Å². The Morgan fingerprint density at radius 1 is 1.50 bits per heavy atom. The lowest BCUT2D eigenvalue weighted by molar-refractivity contribution is 0.0985. The van der Waals surface area contributed by atoms with Crippen LogP contribution in [0.3, 0.4) is 0 Å². The van der Waals surface area contributed by atoms with Crippen LogP contribution in [-0.2, 0) is 6.42 Å². The second-order valence-corrected chi connectivity index (χ2v) is 4.79. The van der Waals surface area contributed by atoms with Gasteiger partial charge >= 0.3 is 0 Å². The topological polar surface area (TPSA) is 47.8 Å². The van der Waals surface area contributed by atoms with E-state index >= 15 is 0 Å². The molecule has 4 nitrogen and oxygen atoms in total. The van der Waals surface area contributed by atoms with E-state index in [9.17, 15) is 9.18 Å². The summed E-state index contributed by atoms with van der Waals surface area (Å²) in [6.45, 7) is 3.53. The molecule has 0 spiro atoms. The van der Waals surface area contributed by atoms with Gasteiger partial charge in [0.1, 0.15) is 11.6 Å². The van der Waals surface area contributed by atoms with Gasteiger partial charge in [-0.05, 0) is 12.5 Å². The number of hydrogen-bond donors (Lipinski definition) is 0. The van der Waals surface area contributed by atoms with Crippen molar-refractivity contribution in [3.8, 4) is 0 Å². The van der Waals surface area contributed by atoms with Crippen LogP contribution in [0.1, 0.15) is 40.9 Å². The third kappa shape index (κ3) is 2.05. The molecule has 0 amide bonds. The molecule has 1 atom stereocenters. The predicted molar refractivity (Wildman–Crippen MR) is 72.0 cm³/mol. The molecular weight excluding hydrogens is 257 g/mol. The number of allylic oxidation sites excluding steroid dienone is 1. The predicted octanol–water partition coefficient (Wildman–Crippen LogP) is 2.71. The first-order valence-corrected chi connectivity index (χ1v) is 6.54. The molecule has 0 aliphatic carbocycles. The van der Waals surface area contributed by atoms with Crippen LogP contribution in [0.5, 0.6) is 0 Å². The van der Waals surface area contributed by atoms with Gasteiger partial charge in [-0.15, -0.1) is 11.7 Å². The first-order chi connectivity index (χ1) is 9.70. The van der Waals surface area contributed by atoms with Crippen molar-refractivity contribution in [3.63, 3.8) is 0 Å². The van der Waals surface area contributed by atoms with Gasteiger partial charge in [-0.2, -0.15) is 0 Å². The zero-order valence-corrected chi connectivity index (χ0v) is 10.9. The van der Waals surface area contributed by atoms with Gasteiger partial charge in [-0.25, -0.2) is 14.1 Å². The van der Waals surface area contributed by atoms with Crippen LogP contribution in [0.4, 0.5) is 4.39 Å². The molecule has 102 valence electrons. The van der Waals surface area contributed by atoms with E-state index in [0.29, 0.717) is 12.0 Å². The molecule has 2 heterocycles. The van der Waals surface area contributed by atoms with Crippen molar-refractivity contribution >= 4 is 5.78 Å². The normalized spacial score (nSPS) is 16.9. The number of hydrogen-bond acceptors (Lipinski definition) is 3. The summed E-state index contributed by atoms with van der Waals surface area (Å²) in [5, 5.41) is 4.25. The summed E-state index contributed by atoms with van der Waals surface area (Å²) in [7, 11) is 0. The molecule has 20 heavy (non-hydrogen) atoms. The van der Waals surface area contributed by atoms with Crippen molar-refractivity contribution in [3.05, 3.63) is 59.9 Å². The summed E-state index contributed by atoms with van der Waals surface area (Å²) in [5.74, 6) is 0.528. The Kier molecular flexibility index (Phi) is 3.18. The fraction of sp³-hybridized carbons (Fsp3) is 0.267. The lowest BCUT2D eigenvalue weighted by Crippen LogP contribution is -2.11. The van der Waals surface area contributed by atoms with Crippen molar-refractivity contribution in [2.75, 3.05) is 0 Å². The fourth-order valence-electron chi connectivity index (χ4n) is 2.54. The molecule has 3 rings (SSSR count). The third-order valence-electron chi connectivity index (χ3n) is 3.48. The summed E-state index contributed by atoms with van der Waals surface area (Å²) < 4.78 is 15.6. The summed E-state index contributed by atoms with van der Waals surface area (Å²) >= 11 is 0. The van der Waals surface area contributed by atoms with E-state index < -0.39 is 0 Å². The van der Waals surface area contributed by atoms with Gasteiger partial charge in [0.25, 0.3) is 0 Å². The number of halogens is 1. The van der Waals surface area contributed by atoms with Crippen molar-refractivity contribution in [2.24, 2.45) is 0 Å². The molecule has 5 heteroatoms. The van der Waals surface area contributed by atoms with E-state index in [-0.39, 0.29) is 29.9 Å². The van der Waals surface area contributed by atoms with Crippen LogP contribution >= 0.6 is 0 Å². The van der Waals surface area contributed by atoms with Crippen LogP contribution < -0.4 is 0 Å². The monoisotopic (exact) mass is 271 g/mol. The summed E-state index contributed by atoms with van der Waals surface area (Å²) in [5.41, 5.74) is 0.596. The van der Waals surface area contributed by atoms with Crippen molar-refractivity contribution in [1.29, 1.82) is 0 Å². The highest BCUT2D eigenvalue weighted by Crippen LogP contribution is 2.31. The van der Waals surface area contributed by atoms with Crippen LogP contribution in [0.15, 0.2) is 36.9 Å². The van der Waals surface area contributed by atoms with Gasteiger partial charge < -0.3 is 0 Å². The first kappa shape index (κ1) is 12.7. The van der Waals surface area contributed by atoms with Gasteiger partial charge in [-0.3, -0.25) is 4.79 Å². The number of aryl methyl sites for hydroxylation is 1. The Labute approximate surface area is 116 Å². The molecule has 2 aromatic rings. The number of fused-ring (bicyclic) bond motifs is 1. The van der Waals surface area contributed by atoms with E-state index in [2.05, 4.69) is 16.7 Å². The number of rotatable bonds is 4. The second-order valence-electron chi connectivity index (χ2n) is 4.79. The maximum atomic E-state index is 13.9. The number of nitrogens with zero attached hydrogens (tertiary/aromatic N) is 3. The number of benzene rings is 1. The van der Waals surface area contributed by atoms with Gasteiger partial charge in [0.2, 0.25) is 11.6 Å². The van der Waals surface area contributed by atoms with Gasteiger partial charge in [0.05, 0.1) is 6.04 Å². The average Bonchev–Trinajstić information content (AvgIpc) is 3.00. The zero-order chi connectivity index (χ0) is 14.1. The van der Waals surface area contributed by atoms with Crippen LogP contribution in [0.25, 0.3) is 0 Å². The highest BCUT2D eigenvalue weighted by Gasteiger charge is 2.29. The summed E-state index contributed by atoms with van der Waals surface area (Å²) in [6.07, 6.45) is 3.20. The lowest BCUT2D eigenvalue weighted by Gasteiger charge is -2.12. The van der Waals surface area contributed by atoms with E-state index in [1.54, 1.807) is 22.9 Å². The molecule has 0 bridgehead atoms. The largest absolute Gasteiger partial charge is 0.290 e. The van der Waals surface area contributed by atoms with Gasteiger partial charge in [0, 0.05) is 18.4 Å². The second kappa shape index (κ2) is 5.00. The molecule has 1 unspecified atom stereocenters. The number of aromatic nitrogens is 3. The van der Waals surface area contributed by atoms with E-state index in [1.165, 1.54) is 12.1 Å². The molecule has 0 fully saturated rings. The van der Waals surface area contributed by atoms with Crippen molar-refractivity contribution in [2.45, 2.75) is 25.3 Å². The van der Waals surface area contributed by atoms with Gasteiger partial charge in [-0.1, -0.05) is 24.3 Å². The molecule has 0 saturated heterocycles. The number of carbonyl (C=O) groups is 1. The maximum absolute atomic E-state index is 13.9. The summed E-state index contributed by atoms with van der Waals surface area (Å²) in [4.78, 5) is 16.0. The lowest BCUT2D eigenvalue weighted by atomic mass is 10.0. The molecule has 1 aliphatic heterocycles. The molecule has 0 N–H and O–H groups in total. The van der Waals surface area contributed by atoms with Crippen molar-refractivity contribution in [1.82, 2.24) is 14.8 Å². The number of Topliss-reactive ketones (excluding diaryl/α,β-unsaturated/α-hetero) is 1. The van der Waals surface area contributed by atoms with E-state index in [1.807, 2.05) is 0 Å². The molecule has 1 aromatic heterocycles. The minimum absolute atomic E-state index is 0.158. The fourth-order valence-corrected chi connectivity index (χ4v) is 2.54. The number of carbonyl (C=O) groups excluding carboxylic acids is 1. The number of ketones is 1. The quantitative estimate of drug-likeness (QED) is 0.634. The summed E-state index contributed by atoms with van der Waals surface area (Å²) in [6, 6.07) is 6.48. The molecule has 0 radical (unpaired) electrons. The first-order valence-electron chi connectivity index (χ1n) is 6.54. The Morgan fingerprint density at radius 2 is 2.30 bits per heavy atom. The Morgan fingerprint density at radius 3 is 3.05 bits per heavy atom. The minimum atomic E-state index is -0.250. The standard InChI is InChI=1S/C15H14FN3O/c1-2-5-13(20)15-17-14-9-8-12(19(14)18-15)10-6-3-4-7-11(10)16/h2-4,6-7,12H,1,5,8-9H2. The average molecular weight is 271 g/mol. The highest BCUT2D eigenvalue weighted by molar-refractivity contribution is 5.93. The zero-order valence-electron chi connectivity index (χ0n) is 10.9. The minimum Gasteiger partial charge on any atom is -0.290 e. The maximum Gasteiger partial charge on any atom is 0.217 e. The molecule has 0 saturated carbocycles. The Bertz CT molecular complexity index is 678. The van der Waals surface area contributed by atoms with E-state index in [0.717, 1.165) is 12.2 Å². The van der Waals surface area contributed by atoms with Gasteiger partial charge in [0.15, 0.2) is 0 Å². The van der Waals surface area contributed by atoms with E-state index in [4.69, 9.17) is 0 Å². The third-order valence-corrected chi connectivity index (χ3v) is 3.48. The molecular formula is C15H14FN3O. The van der Waals surface area contributed by atoms with Crippen LogP contribution in [-0.4, -0.2) is 20.5 Å². The smallest absolute Gasteiger partial charge is 0.217 e. The Balaban J connectivity index is 1.96. The Hall–Kier alpha value is -2.30. The SMILES string of the molecule is C=CCC(=O)c1nc2n(n1)C(c1ccccc1F)CC2.